The fraction of sp³-hybridized carbons (Fsp3) is 0.533. The number of hydrogen-bond acceptors (Lipinski definition) is 4. The van der Waals surface area contributed by atoms with Gasteiger partial charge in [-0.1, -0.05) is 12.1 Å². The van der Waals surface area contributed by atoms with E-state index in [9.17, 15) is 9.90 Å². The number of amides is 1. The number of carbonyl (C=O) groups excluding carboxylic acids is 1. The Morgan fingerprint density at radius 3 is 3.05 bits per heavy atom. The van der Waals surface area contributed by atoms with Gasteiger partial charge in [0.05, 0.1) is 32.0 Å². The fourth-order valence-corrected chi connectivity index (χ4v) is 2.34. The first kappa shape index (κ1) is 15.0. The van der Waals surface area contributed by atoms with Gasteiger partial charge in [0.1, 0.15) is 0 Å². The number of methoxy groups -OCH3 is 1. The summed E-state index contributed by atoms with van der Waals surface area (Å²) in [6.07, 6.45) is -0.294. The Morgan fingerprint density at radius 1 is 1.55 bits per heavy atom. The topological polar surface area (TPSA) is 59.0 Å². The van der Waals surface area contributed by atoms with Crippen LogP contribution in [0.25, 0.3) is 0 Å². The van der Waals surface area contributed by atoms with Gasteiger partial charge in [-0.3, -0.25) is 4.79 Å². The van der Waals surface area contributed by atoms with E-state index in [2.05, 4.69) is 0 Å². The van der Waals surface area contributed by atoms with Crippen molar-refractivity contribution in [3.63, 3.8) is 0 Å². The predicted octanol–water partition coefficient (Wildman–Crippen LogP) is 1.05. The quantitative estimate of drug-likeness (QED) is 0.895. The summed E-state index contributed by atoms with van der Waals surface area (Å²) >= 11 is 0. The second-order valence-electron chi connectivity index (χ2n) is 5.08. The molecule has 110 valence electrons. The van der Waals surface area contributed by atoms with Crippen LogP contribution in [-0.4, -0.2) is 54.9 Å². The third kappa shape index (κ3) is 3.36. The summed E-state index contributed by atoms with van der Waals surface area (Å²) in [6.45, 7) is 3.24. The van der Waals surface area contributed by atoms with Gasteiger partial charge in [0.15, 0.2) is 0 Å². The maximum Gasteiger partial charge on any atom is 0.254 e. The van der Waals surface area contributed by atoms with Crippen molar-refractivity contribution >= 4 is 5.91 Å². The molecule has 0 spiro atoms. The highest BCUT2D eigenvalue weighted by molar-refractivity contribution is 5.94. The maximum atomic E-state index is 12.6. The van der Waals surface area contributed by atoms with Gasteiger partial charge in [-0.25, -0.2) is 0 Å². The van der Waals surface area contributed by atoms with Gasteiger partial charge < -0.3 is 19.5 Å². The first-order valence-corrected chi connectivity index (χ1v) is 6.77. The van der Waals surface area contributed by atoms with Crippen LogP contribution in [0.5, 0.6) is 0 Å². The summed E-state index contributed by atoms with van der Waals surface area (Å²) < 4.78 is 10.5. The van der Waals surface area contributed by atoms with E-state index in [0.717, 1.165) is 5.56 Å². The van der Waals surface area contributed by atoms with E-state index in [1.165, 1.54) is 0 Å². The lowest BCUT2D eigenvalue weighted by Crippen LogP contribution is -2.52. The van der Waals surface area contributed by atoms with Gasteiger partial charge in [0.2, 0.25) is 0 Å². The average Bonchev–Trinajstić information content (AvgIpc) is 2.48. The molecule has 1 aliphatic rings. The van der Waals surface area contributed by atoms with Crippen molar-refractivity contribution in [2.45, 2.75) is 25.7 Å². The van der Waals surface area contributed by atoms with Crippen molar-refractivity contribution < 1.29 is 19.4 Å². The van der Waals surface area contributed by atoms with Gasteiger partial charge >= 0.3 is 0 Å². The summed E-state index contributed by atoms with van der Waals surface area (Å²) in [6, 6.07) is 7.45. The highest BCUT2D eigenvalue weighted by Gasteiger charge is 2.29. The van der Waals surface area contributed by atoms with Crippen molar-refractivity contribution in [3.05, 3.63) is 35.4 Å². The lowest BCUT2D eigenvalue weighted by molar-refractivity contribution is -0.0667. The molecule has 0 bridgehead atoms. The van der Waals surface area contributed by atoms with Gasteiger partial charge in [-0.15, -0.1) is 0 Å². The highest BCUT2D eigenvalue weighted by atomic mass is 16.5. The second kappa shape index (κ2) is 6.83. The first-order chi connectivity index (χ1) is 9.65. The zero-order valence-corrected chi connectivity index (χ0v) is 11.9. The normalized spacial score (nSPS) is 22.9. The Bertz CT molecular complexity index is 463. The van der Waals surface area contributed by atoms with Gasteiger partial charge in [0, 0.05) is 19.2 Å². The molecule has 1 heterocycles. The van der Waals surface area contributed by atoms with Crippen molar-refractivity contribution in [1.82, 2.24) is 4.90 Å². The number of carbonyl (C=O) groups is 1. The standard InChI is InChI=1S/C15H21NO4/c1-11-9-20-14(8-17)7-16(11)15(18)13-5-3-4-12(6-13)10-19-2/h3-6,11,14,17H,7-10H2,1-2H3. The van der Waals surface area contributed by atoms with Crippen LogP contribution in [0.1, 0.15) is 22.8 Å². The molecule has 1 fully saturated rings. The van der Waals surface area contributed by atoms with Gasteiger partial charge in [-0.2, -0.15) is 0 Å². The van der Waals surface area contributed by atoms with Crippen LogP contribution in [0.3, 0.4) is 0 Å². The molecule has 0 radical (unpaired) electrons. The Balaban J connectivity index is 2.14. The molecular weight excluding hydrogens is 258 g/mol. The Morgan fingerprint density at radius 2 is 2.35 bits per heavy atom. The molecule has 1 amide bonds. The molecule has 5 nitrogen and oxygen atoms in total. The lowest BCUT2D eigenvalue weighted by atomic mass is 10.1. The number of aliphatic hydroxyl groups excluding tert-OH is 1. The number of aliphatic hydroxyl groups is 1. The minimum absolute atomic E-state index is 0.0105. The van der Waals surface area contributed by atoms with Crippen molar-refractivity contribution in [2.75, 3.05) is 26.9 Å². The van der Waals surface area contributed by atoms with Crippen molar-refractivity contribution in [1.29, 1.82) is 0 Å². The van der Waals surface area contributed by atoms with Crippen LogP contribution in [0.4, 0.5) is 0 Å². The third-order valence-corrected chi connectivity index (χ3v) is 3.45. The maximum absolute atomic E-state index is 12.6. The van der Waals surface area contributed by atoms with E-state index in [1.54, 1.807) is 18.1 Å². The zero-order chi connectivity index (χ0) is 14.5. The lowest BCUT2D eigenvalue weighted by Gasteiger charge is -2.37. The SMILES string of the molecule is COCc1cccc(C(=O)N2CC(CO)OCC2C)c1. The predicted molar refractivity (Wildman–Crippen MR) is 74.5 cm³/mol. The van der Waals surface area contributed by atoms with E-state index < -0.39 is 0 Å². The van der Waals surface area contributed by atoms with Crippen molar-refractivity contribution in [2.24, 2.45) is 0 Å². The molecule has 1 N–H and O–H groups in total. The summed E-state index contributed by atoms with van der Waals surface area (Å²) in [4.78, 5) is 14.3. The Kier molecular flexibility index (Phi) is 5.11. The van der Waals surface area contributed by atoms with Crippen LogP contribution in [-0.2, 0) is 16.1 Å². The molecule has 2 unspecified atom stereocenters. The molecule has 5 heteroatoms. The molecule has 0 saturated carbocycles. The molecule has 2 rings (SSSR count). The van der Waals surface area contributed by atoms with Gasteiger partial charge in [-0.05, 0) is 24.6 Å². The average molecular weight is 279 g/mol. The number of morpholine rings is 1. The molecule has 1 aromatic rings. The molecule has 1 aromatic carbocycles. The first-order valence-electron chi connectivity index (χ1n) is 6.77. The van der Waals surface area contributed by atoms with Crippen LogP contribution < -0.4 is 0 Å². The van der Waals surface area contributed by atoms with E-state index >= 15 is 0 Å². The molecule has 0 aliphatic carbocycles. The monoisotopic (exact) mass is 279 g/mol. The van der Waals surface area contributed by atoms with Crippen LogP contribution in [0.15, 0.2) is 24.3 Å². The zero-order valence-electron chi connectivity index (χ0n) is 11.9. The smallest absolute Gasteiger partial charge is 0.254 e. The molecular formula is C15H21NO4. The third-order valence-electron chi connectivity index (χ3n) is 3.45. The summed E-state index contributed by atoms with van der Waals surface area (Å²) in [5.74, 6) is -0.0304. The summed E-state index contributed by atoms with van der Waals surface area (Å²) in [5, 5.41) is 9.18. The highest BCUT2D eigenvalue weighted by Crippen LogP contribution is 2.16. The number of benzene rings is 1. The minimum atomic E-state index is -0.294. The van der Waals surface area contributed by atoms with Crippen LogP contribution in [0, 0.1) is 0 Å². The Labute approximate surface area is 119 Å². The Hall–Kier alpha value is -1.43. The number of hydrogen-bond donors (Lipinski definition) is 1. The largest absolute Gasteiger partial charge is 0.394 e. The van der Waals surface area contributed by atoms with E-state index in [0.29, 0.717) is 25.3 Å². The molecule has 1 aliphatic heterocycles. The van der Waals surface area contributed by atoms with E-state index in [1.807, 2.05) is 25.1 Å². The molecule has 0 aromatic heterocycles. The van der Waals surface area contributed by atoms with E-state index in [4.69, 9.17) is 9.47 Å². The van der Waals surface area contributed by atoms with Gasteiger partial charge in [0.25, 0.3) is 5.91 Å². The molecule has 20 heavy (non-hydrogen) atoms. The number of rotatable bonds is 4. The number of ether oxygens (including phenoxy) is 2. The fourth-order valence-electron chi connectivity index (χ4n) is 2.34. The summed E-state index contributed by atoms with van der Waals surface area (Å²) in [7, 11) is 1.63. The summed E-state index contributed by atoms with van der Waals surface area (Å²) in [5.41, 5.74) is 1.61. The van der Waals surface area contributed by atoms with E-state index in [-0.39, 0.29) is 24.7 Å². The molecule has 1 saturated heterocycles. The van der Waals surface area contributed by atoms with Crippen LogP contribution in [0.2, 0.25) is 0 Å². The van der Waals surface area contributed by atoms with Crippen LogP contribution >= 0.6 is 0 Å². The molecule has 2 atom stereocenters. The second-order valence-corrected chi connectivity index (χ2v) is 5.08. The minimum Gasteiger partial charge on any atom is -0.394 e. The number of nitrogens with zero attached hydrogens (tertiary/aromatic N) is 1. The van der Waals surface area contributed by atoms with Crippen molar-refractivity contribution in [3.8, 4) is 0 Å².